The van der Waals surface area contributed by atoms with Crippen molar-refractivity contribution in [3.05, 3.63) is 95.6 Å². The maximum atomic E-state index is 14.5. The Morgan fingerprint density at radius 1 is 0.440 bits per heavy atom. The molecule has 109 heavy (non-hydrogen) atoms. The van der Waals surface area contributed by atoms with Crippen LogP contribution in [0.25, 0.3) is 0 Å². The van der Waals surface area contributed by atoms with Gasteiger partial charge in [-0.1, -0.05) is 95.1 Å². The van der Waals surface area contributed by atoms with Crippen LogP contribution in [0.4, 0.5) is 0 Å². The summed E-state index contributed by atoms with van der Waals surface area (Å²) in [6.45, 7) is 7.15. The van der Waals surface area contributed by atoms with E-state index >= 15 is 0 Å². The van der Waals surface area contributed by atoms with Gasteiger partial charge in [0.2, 0.25) is 70.9 Å². The molecule has 0 spiro atoms. The predicted octanol–water partition coefficient (Wildman–Crippen LogP) is -4.47. The normalized spacial score (nSPS) is 15.5. The lowest BCUT2D eigenvalue weighted by atomic mass is 9.96. The van der Waals surface area contributed by atoms with Crippen molar-refractivity contribution in [2.75, 3.05) is 38.3 Å². The van der Waals surface area contributed by atoms with Crippen LogP contribution in [0.1, 0.15) is 104 Å². The number of thioether (sulfide) groups is 1. The Morgan fingerprint density at radius 3 is 1.36 bits per heavy atom. The number of amides is 12. The molecule has 23 N–H and O–H groups in total. The summed E-state index contributed by atoms with van der Waals surface area (Å²) < 4.78 is 0. The Balaban J connectivity index is 1.82. The number of aromatic hydroxyl groups is 2. The molecule has 12 amide bonds. The van der Waals surface area contributed by atoms with Crippen molar-refractivity contribution in [3.63, 3.8) is 0 Å². The van der Waals surface area contributed by atoms with Crippen LogP contribution in [0.5, 0.6) is 11.5 Å². The number of nitrogens with two attached hydrogens (primary N) is 1. The van der Waals surface area contributed by atoms with Crippen LogP contribution in [-0.4, -0.2) is 253 Å². The molecule has 37 nitrogen and oxygen atoms in total. The molecule has 0 saturated carbocycles. The minimum atomic E-state index is -2.11. The average molecular weight is 1550 g/mol. The first kappa shape index (κ1) is 92.7. The Bertz CT molecular complexity index is 3560. The van der Waals surface area contributed by atoms with Crippen LogP contribution in [0.2, 0.25) is 0 Å². The van der Waals surface area contributed by atoms with Gasteiger partial charge in [-0.25, -0.2) is 4.79 Å². The number of carbonyl (C=O) groups is 15. The predicted molar refractivity (Wildman–Crippen MR) is 394 cm³/mol. The number of phenolic OH excluding ortho intramolecular Hbond substituents is 2. The summed E-state index contributed by atoms with van der Waals surface area (Å²) in [6, 6.07) is -0.431. The Hall–Kier alpha value is -10.5. The second kappa shape index (κ2) is 47.3. The molecule has 16 atom stereocenters. The number of hydrogen-bond acceptors (Lipinski definition) is 23. The number of carboxylic acid groups (broad SMARTS) is 3. The van der Waals surface area contributed by atoms with E-state index < -0.39 is 224 Å². The SMILES string of the molecule is CC[C@H](C)[C@H](NC(=O)[C@H](CO)NC(=O)[C@H](Cc1ccc(O)cc1)NC(=O)[C@H](CC(=O)O)NC(=O)[C@H](CO)NC(=O)[C@@H](NC(=O)[C@H](Cc1ccccc1)NC(=O)[C@@H](NC(=O)CNC(=O)[C@H](CCC(=O)O)NC[C@H](C)NC(=O)[C@@H](N)Cc1ccc(O)cc1)[C@@H](C)O)[C@@H](C)CC)C(=O)N[C@@H](C)C(=O)N[C@@H](CCSC)C(=O)O. The first-order valence-electron chi connectivity index (χ1n) is 35.2. The van der Waals surface area contributed by atoms with Crippen molar-refractivity contribution in [1.82, 2.24) is 69.1 Å². The number of phenols is 2. The molecule has 0 aliphatic heterocycles. The number of aliphatic hydroxyl groups excluding tert-OH is 3. The second-order valence-corrected chi connectivity index (χ2v) is 27.3. The fourth-order valence-corrected chi connectivity index (χ4v) is 11.0. The van der Waals surface area contributed by atoms with E-state index in [2.05, 4.69) is 69.1 Å². The summed E-state index contributed by atoms with van der Waals surface area (Å²) in [5, 5.41) is 112. The van der Waals surface area contributed by atoms with Gasteiger partial charge in [-0.3, -0.25) is 67.1 Å². The van der Waals surface area contributed by atoms with Gasteiger partial charge >= 0.3 is 17.9 Å². The van der Waals surface area contributed by atoms with Gasteiger partial charge in [0.05, 0.1) is 44.4 Å². The molecule has 0 aliphatic carbocycles. The van der Waals surface area contributed by atoms with Gasteiger partial charge in [-0.15, -0.1) is 0 Å². The summed E-state index contributed by atoms with van der Waals surface area (Å²) in [4.78, 5) is 202. The standard InChI is InChI=1S/C71H104N14O23S/c1-9-36(3)57(68(104)76-39(6)60(96)77-48(71(107)108)26-27-109-8)85-67(103)53(35-87)81-63(99)49(30-43-18-22-45(90)23-19-43)78-64(100)51(31-56(94)95)79-66(102)52(34-86)82-69(105)58(37(4)10-2)84-65(101)50(29-41-14-12-11-13-15-41)80-70(106)59(40(7)88)83-54(91)33-74-62(98)47(24-25-55(92)93)73-32-38(5)75-61(97)46(72)28-42-16-20-44(89)21-17-42/h11-23,36-40,46-53,57-59,73,86-90H,9-10,24-35,72H2,1-8H3,(H,74,98)(H,75,97)(H,76,104)(H,77,96)(H,78,100)(H,79,102)(H,80,106)(H,81,99)(H,82,105)(H,83,91)(H,84,101)(H,85,103)(H,92,93)(H,94,95)(H,107,108)/t36-,37-,38-,39-,40+,46-,47-,48-,49-,50-,51-,52-,53-,57-,58-,59-/m0/s1. The monoisotopic (exact) mass is 1550 g/mol. The topological polar surface area (TPSA) is 600 Å². The number of nitrogens with one attached hydrogen (secondary N) is 13. The largest absolute Gasteiger partial charge is 0.508 e. The van der Waals surface area contributed by atoms with Crippen molar-refractivity contribution in [2.45, 2.75) is 191 Å². The Labute approximate surface area is 633 Å². The van der Waals surface area contributed by atoms with Gasteiger partial charge in [0, 0.05) is 31.8 Å². The first-order valence-corrected chi connectivity index (χ1v) is 36.6. The lowest BCUT2D eigenvalue weighted by molar-refractivity contribution is -0.142. The van der Waals surface area contributed by atoms with Crippen molar-refractivity contribution in [3.8, 4) is 11.5 Å². The van der Waals surface area contributed by atoms with Crippen LogP contribution < -0.4 is 74.9 Å². The molecular formula is C71H104N14O23S. The average Bonchev–Trinajstić information content (AvgIpc) is 0.847. The maximum absolute atomic E-state index is 14.5. The summed E-state index contributed by atoms with van der Waals surface area (Å²) in [7, 11) is 0. The molecule has 38 heteroatoms. The summed E-state index contributed by atoms with van der Waals surface area (Å²) in [6.07, 6.45) is -2.03. The lowest BCUT2D eigenvalue weighted by Crippen LogP contribution is -2.62. The summed E-state index contributed by atoms with van der Waals surface area (Å²) in [5.41, 5.74) is 7.47. The number of benzene rings is 3. The zero-order valence-electron chi connectivity index (χ0n) is 61.8. The molecule has 3 rings (SSSR count). The van der Waals surface area contributed by atoms with Crippen molar-refractivity contribution < 1.29 is 113 Å². The number of aliphatic hydroxyl groups is 3. The summed E-state index contributed by atoms with van der Waals surface area (Å²) >= 11 is 1.35. The molecule has 602 valence electrons. The number of rotatable bonds is 49. The van der Waals surface area contributed by atoms with Gasteiger partial charge < -0.3 is 116 Å². The molecule has 3 aromatic rings. The highest BCUT2D eigenvalue weighted by Crippen LogP contribution is 2.17. The van der Waals surface area contributed by atoms with Crippen LogP contribution in [0.3, 0.4) is 0 Å². The molecule has 0 heterocycles. The second-order valence-electron chi connectivity index (χ2n) is 26.3. The summed E-state index contributed by atoms with van der Waals surface area (Å²) in [5.74, 6) is -18.1. The lowest BCUT2D eigenvalue weighted by Gasteiger charge is -2.29. The molecule has 0 fully saturated rings. The fraction of sp³-hybridized carbons (Fsp3) is 0.535. The van der Waals surface area contributed by atoms with E-state index in [1.165, 1.54) is 62.0 Å². The zero-order chi connectivity index (χ0) is 81.8. The molecule has 0 radical (unpaired) electrons. The highest BCUT2D eigenvalue weighted by Gasteiger charge is 2.39. The van der Waals surface area contributed by atoms with Gasteiger partial charge in [0.25, 0.3) is 0 Å². The quantitative estimate of drug-likeness (QED) is 0.0253. The maximum Gasteiger partial charge on any atom is 0.326 e. The van der Waals surface area contributed by atoms with Crippen LogP contribution in [0.15, 0.2) is 78.9 Å². The third-order valence-electron chi connectivity index (χ3n) is 17.4. The Morgan fingerprint density at radius 2 is 0.872 bits per heavy atom. The fourth-order valence-electron chi connectivity index (χ4n) is 10.5. The van der Waals surface area contributed by atoms with Gasteiger partial charge in [-0.2, -0.15) is 11.8 Å². The molecule has 0 bridgehead atoms. The van der Waals surface area contributed by atoms with Crippen LogP contribution in [-0.2, 0) is 91.2 Å². The van der Waals surface area contributed by atoms with Crippen LogP contribution in [0, 0.1) is 11.8 Å². The van der Waals surface area contributed by atoms with E-state index in [9.17, 15) is 113 Å². The smallest absolute Gasteiger partial charge is 0.326 e. The Kier molecular flexibility index (Phi) is 40.2. The van der Waals surface area contributed by atoms with Gasteiger partial charge in [0.15, 0.2) is 0 Å². The highest BCUT2D eigenvalue weighted by molar-refractivity contribution is 7.98. The molecule has 0 unspecified atom stereocenters. The van der Waals surface area contributed by atoms with E-state index in [1.807, 2.05) is 0 Å². The van der Waals surface area contributed by atoms with E-state index in [1.54, 1.807) is 76.4 Å². The van der Waals surface area contributed by atoms with Gasteiger partial charge in [0.1, 0.15) is 71.9 Å². The number of aliphatic carboxylic acids is 3. The van der Waals surface area contributed by atoms with Gasteiger partial charge in [-0.05, 0) is 105 Å². The van der Waals surface area contributed by atoms with Crippen molar-refractivity contribution in [2.24, 2.45) is 17.6 Å². The first-order chi connectivity index (χ1) is 51.4. The molecule has 3 aromatic carbocycles. The molecule has 0 aromatic heterocycles. The molecule has 0 aliphatic rings. The third kappa shape index (κ3) is 32.8. The number of carbonyl (C=O) groups excluding carboxylic acids is 12. The third-order valence-corrected chi connectivity index (χ3v) is 18.0. The zero-order valence-corrected chi connectivity index (χ0v) is 62.6. The van der Waals surface area contributed by atoms with E-state index in [4.69, 9.17) is 5.73 Å². The minimum Gasteiger partial charge on any atom is -0.508 e. The number of hydrogen-bond donors (Lipinski definition) is 22. The van der Waals surface area contributed by atoms with E-state index in [-0.39, 0.29) is 62.1 Å². The number of carboxylic acids is 3. The van der Waals surface area contributed by atoms with Crippen LogP contribution >= 0.6 is 11.8 Å². The van der Waals surface area contributed by atoms with E-state index in [0.29, 0.717) is 16.9 Å². The molecular weight excluding hydrogens is 1450 g/mol. The van der Waals surface area contributed by atoms with Crippen molar-refractivity contribution in [1.29, 1.82) is 0 Å². The molecule has 0 saturated heterocycles. The minimum absolute atomic E-state index is 0.0248. The van der Waals surface area contributed by atoms with E-state index in [0.717, 1.165) is 6.92 Å². The highest BCUT2D eigenvalue weighted by atomic mass is 32.2. The van der Waals surface area contributed by atoms with Crippen molar-refractivity contribution >= 4 is 101 Å².